The van der Waals surface area contributed by atoms with Crippen molar-refractivity contribution < 1.29 is 18.4 Å². The summed E-state index contributed by atoms with van der Waals surface area (Å²) in [5.41, 5.74) is 7.28. The molecule has 0 aliphatic rings. The van der Waals surface area contributed by atoms with E-state index in [4.69, 9.17) is 15.0 Å². The summed E-state index contributed by atoms with van der Waals surface area (Å²) in [7, 11) is 0. The van der Waals surface area contributed by atoms with E-state index < -0.39 is 18.0 Å². The molecule has 0 spiro atoms. The number of aromatic nitrogens is 2. The molecular weight excluding hydrogens is 375 g/mol. The van der Waals surface area contributed by atoms with E-state index in [-0.39, 0.29) is 37.3 Å². The van der Waals surface area contributed by atoms with Gasteiger partial charge in [0.25, 0.3) is 0 Å². The van der Waals surface area contributed by atoms with E-state index >= 15 is 0 Å². The summed E-state index contributed by atoms with van der Waals surface area (Å²) in [4.78, 5) is 15.9. The van der Waals surface area contributed by atoms with Crippen molar-refractivity contribution in [1.82, 2.24) is 15.5 Å². The van der Waals surface area contributed by atoms with E-state index in [9.17, 15) is 9.18 Å². The lowest BCUT2D eigenvalue weighted by atomic mass is 10.2. The van der Waals surface area contributed by atoms with Crippen LogP contribution in [-0.2, 0) is 11.3 Å². The highest BCUT2D eigenvalue weighted by Crippen LogP contribution is 2.18. The Morgan fingerprint density at radius 1 is 1.22 bits per heavy atom. The smallest absolute Gasteiger partial charge is 0.407 e. The van der Waals surface area contributed by atoms with Crippen LogP contribution in [0.2, 0.25) is 0 Å². The Labute approximate surface area is 161 Å². The van der Waals surface area contributed by atoms with Gasteiger partial charge in [0.15, 0.2) is 0 Å². The number of carbonyl (C=O) groups is 1. The first-order valence-electron chi connectivity index (χ1n) is 7.91. The number of hydrogen-bond donors (Lipinski definition) is 2. The molecule has 1 unspecified atom stereocenters. The Bertz CT molecular complexity index is 876. The first-order valence-corrected chi connectivity index (χ1v) is 7.91. The summed E-state index contributed by atoms with van der Waals surface area (Å²) in [6, 6.07) is 14.4. The van der Waals surface area contributed by atoms with Gasteiger partial charge < -0.3 is 20.3 Å². The highest BCUT2D eigenvalue weighted by Gasteiger charge is 2.17. The van der Waals surface area contributed by atoms with Gasteiger partial charge in [-0.3, -0.25) is 0 Å². The minimum absolute atomic E-state index is 0. The average Bonchev–Trinajstić information content (AvgIpc) is 3.15. The molecule has 0 radical (unpaired) electrons. The second-order valence-electron chi connectivity index (χ2n) is 5.52. The molecule has 0 aliphatic heterocycles. The van der Waals surface area contributed by atoms with Gasteiger partial charge in [-0.25, -0.2) is 9.18 Å². The Balaban J connectivity index is 0.00000261. The third-order valence-electron chi connectivity index (χ3n) is 3.52. The van der Waals surface area contributed by atoms with Crippen molar-refractivity contribution in [2.45, 2.75) is 12.6 Å². The molecule has 9 heteroatoms. The Morgan fingerprint density at radius 2 is 2.00 bits per heavy atom. The van der Waals surface area contributed by atoms with Crippen molar-refractivity contribution in [3.63, 3.8) is 0 Å². The Morgan fingerprint density at radius 3 is 2.74 bits per heavy atom. The van der Waals surface area contributed by atoms with Crippen LogP contribution in [0.25, 0.3) is 11.4 Å². The van der Waals surface area contributed by atoms with E-state index in [1.807, 2.05) is 30.3 Å². The van der Waals surface area contributed by atoms with Gasteiger partial charge in [-0.05, 0) is 17.7 Å². The number of carbonyl (C=O) groups excluding carboxylic acids is 1. The molecule has 3 aromatic rings. The number of halogens is 2. The molecule has 1 amide bonds. The fourth-order valence-electron chi connectivity index (χ4n) is 2.19. The molecule has 0 saturated heterocycles. The van der Waals surface area contributed by atoms with Crippen molar-refractivity contribution in [2.75, 3.05) is 6.54 Å². The standard InChI is InChI=1S/C18H17FN4O3.ClH/c19-14-8-4-7-13(9-14)16-22-17(26-23-16)15(20)10-21-18(24)25-11-12-5-2-1-3-6-12;/h1-9,15H,10-11,20H2,(H,21,24);1H. The summed E-state index contributed by atoms with van der Waals surface area (Å²) >= 11 is 0. The molecule has 3 rings (SSSR count). The Kier molecular flexibility index (Phi) is 7.27. The van der Waals surface area contributed by atoms with Crippen LogP contribution >= 0.6 is 12.4 Å². The van der Waals surface area contributed by atoms with E-state index in [2.05, 4.69) is 15.5 Å². The van der Waals surface area contributed by atoms with E-state index in [1.165, 1.54) is 12.1 Å². The molecule has 7 nitrogen and oxygen atoms in total. The molecule has 27 heavy (non-hydrogen) atoms. The molecule has 2 aromatic carbocycles. The van der Waals surface area contributed by atoms with Crippen LogP contribution in [-0.4, -0.2) is 22.8 Å². The number of nitrogens with zero attached hydrogens (tertiary/aromatic N) is 2. The molecule has 0 bridgehead atoms. The van der Waals surface area contributed by atoms with Gasteiger partial charge in [-0.2, -0.15) is 4.98 Å². The molecule has 3 N–H and O–H groups in total. The van der Waals surface area contributed by atoms with Crippen LogP contribution < -0.4 is 11.1 Å². The second-order valence-corrected chi connectivity index (χ2v) is 5.52. The highest BCUT2D eigenvalue weighted by molar-refractivity contribution is 5.85. The second kappa shape index (κ2) is 9.65. The molecule has 1 atom stereocenters. The maximum absolute atomic E-state index is 13.3. The molecule has 142 valence electrons. The largest absolute Gasteiger partial charge is 0.445 e. The molecule has 1 aromatic heterocycles. The summed E-state index contributed by atoms with van der Waals surface area (Å²) in [6.07, 6.45) is -0.603. The maximum atomic E-state index is 13.3. The van der Waals surface area contributed by atoms with Crippen LogP contribution in [0.1, 0.15) is 17.5 Å². The summed E-state index contributed by atoms with van der Waals surface area (Å²) < 4.78 is 23.4. The van der Waals surface area contributed by atoms with Crippen molar-refractivity contribution in [2.24, 2.45) is 5.73 Å². The lowest BCUT2D eigenvalue weighted by Crippen LogP contribution is -2.32. The van der Waals surface area contributed by atoms with E-state index in [0.717, 1.165) is 5.56 Å². The van der Waals surface area contributed by atoms with Gasteiger partial charge in [0, 0.05) is 12.1 Å². The number of amides is 1. The third kappa shape index (κ3) is 5.77. The molecule has 0 aliphatic carbocycles. The van der Waals surface area contributed by atoms with Gasteiger partial charge >= 0.3 is 6.09 Å². The average molecular weight is 393 g/mol. The molecule has 0 fully saturated rings. The van der Waals surface area contributed by atoms with Gasteiger partial charge in [-0.1, -0.05) is 47.6 Å². The normalized spacial score (nSPS) is 11.3. The quantitative estimate of drug-likeness (QED) is 0.667. The number of nitrogens with one attached hydrogen (secondary N) is 1. The fraction of sp³-hybridized carbons (Fsp3) is 0.167. The SMILES string of the molecule is Cl.NC(CNC(=O)OCc1ccccc1)c1nc(-c2cccc(F)c2)no1. The number of alkyl carbamates (subject to hydrolysis) is 1. The monoisotopic (exact) mass is 392 g/mol. The maximum Gasteiger partial charge on any atom is 0.407 e. The van der Waals surface area contributed by atoms with Crippen molar-refractivity contribution in [3.05, 3.63) is 71.9 Å². The highest BCUT2D eigenvalue weighted by atomic mass is 35.5. The van der Waals surface area contributed by atoms with Gasteiger partial charge in [0.1, 0.15) is 18.5 Å². The Hall–Kier alpha value is -2.97. The van der Waals surface area contributed by atoms with E-state index in [1.54, 1.807) is 12.1 Å². The number of ether oxygens (including phenoxy) is 1. The lowest BCUT2D eigenvalue weighted by molar-refractivity contribution is 0.138. The van der Waals surface area contributed by atoms with Gasteiger partial charge in [0.2, 0.25) is 11.7 Å². The molecule has 0 saturated carbocycles. The fourth-order valence-corrected chi connectivity index (χ4v) is 2.19. The predicted molar refractivity (Wildman–Crippen MR) is 98.5 cm³/mol. The predicted octanol–water partition coefficient (Wildman–Crippen LogP) is 3.22. The van der Waals surface area contributed by atoms with Crippen LogP contribution in [0, 0.1) is 5.82 Å². The topological polar surface area (TPSA) is 103 Å². The van der Waals surface area contributed by atoms with Crippen molar-refractivity contribution in [3.8, 4) is 11.4 Å². The van der Waals surface area contributed by atoms with Crippen LogP contribution in [0.4, 0.5) is 9.18 Å². The van der Waals surface area contributed by atoms with Crippen LogP contribution in [0.3, 0.4) is 0 Å². The zero-order chi connectivity index (χ0) is 18.4. The lowest BCUT2D eigenvalue weighted by Gasteiger charge is -2.09. The van der Waals surface area contributed by atoms with E-state index in [0.29, 0.717) is 5.56 Å². The zero-order valence-electron chi connectivity index (χ0n) is 14.2. The van der Waals surface area contributed by atoms with Crippen LogP contribution in [0.5, 0.6) is 0 Å². The summed E-state index contributed by atoms with van der Waals surface area (Å²) in [6.45, 7) is 0.213. The third-order valence-corrected chi connectivity index (χ3v) is 3.52. The number of benzene rings is 2. The number of nitrogens with two attached hydrogens (primary N) is 1. The first-order chi connectivity index (χ1) is 12.6. The number of rotatable bonds is 6. The molecular formula is C18H18ClFN4O3. The summed E-state index contributed by atoms with van der Waals surface area (Å²) in [5, 5.41) is 6.31. The zero-order valence-corrected chi connectivity index (χ0v) is 15.0. The molecule has 1 heterocycles. The summed E-state index contributed by atoms with van der Waals surface area (Å²) in [5.74, 6) is -0.0461. The van der Waals surface area contributed by atoms with Gasteiger partial charge in [0.05, 0.1) is 0 Å². The minimum Gasteiger partial charge on any atom is -0.445 e. The number of hydrogen-bond acceptors (Lipinski definition) is 6. The van der Waals surface area contributed by atoms with Gasteiger partial charge in [-0.15, -0.1) is 12.4 Å². The van der Waals surface area contributed by atoms with Crippen molar-refractivity contribution >= 4 is 18.5 Å². The first kappa shape index (κ1) is 20.3. The van der Waals surface area contributed by atoms with Crippen LogP contribution in [0.15, 0.2) is 59.1 Å². The van der Waals surface area contributed by atoms with Crippen molar-refractivity contribution in [1.29, 1.82) is 0 Å². The minimum atomic E-state index is -0.714.